The number of benzene rings is 1. The van der Waals surface area contributed by atoms with Crippen LogP contribution in [0, 0.1) is 13.8 Å². The molecular weight excluding hydrogens is 394 g/mol. The number of thiazole rings is 1. The number of amides is 1. The van der Waals surface area contributed by atoms with Crippen LogP contribution in [0.4, 0.5) is 0 Å². The number of carbonyl (C=O) groups excluding carboxylic acids is 1. The molecule has 5 nitrogen and oxygen atoms in total. The van der Waals surface area contributed by atoms with Gasteiger partial charge in [-0.2, -0.15) is 0 Å². The van der Waals surface area contributed by atoms with Crippen molar-refractivity contribution in [3.05, 3.63) is 51.2 Å². The molecule has 0 radical (unpaired) electrons. The lowest BCUT2D eigenvalue weighted by Crippen LogP contribution is -2.26. The Morgan fingerprint density at radius 1 is 1.39 bits per heavy atom. The fraction of sp³-hybridized carbons (Fsp3) is 0.429. The van der Waals surface area contributed by atoms with Crippen molar-refractivity contribution in [3.8, 4) is 0 Å². The first-order valence-corrected chi connectivity index (χ1v) is 10.7. The first-order valence-electron chi connectivity index (χ1n) is 9.51. The summed E-state index contributed by atoms with van der Waals surface area (Å²) in [6.07, 6.45) is 2.56. The third-order valence-corrected chi connectivity index (χ3v) is 6.59. The highest BCUT2D eigenvalue weighted by Crippen LogP contribution is 2.27. The van der Waals surface area contributed by atoms with Crippen molar-refractivity contribution in [1.29, 1.82) is 0 Å². The summed E-state index contributed by atoms with van der Waals surface area (Å²) in [7, 11) is 1.84. The Labute approximate surface area is 173 Å². The van der Waals surface area contributed by atoms with E-state index in [1.807, 2.05) is 25.2 Å². The second-order valence-corrected chi connectivity index (χ2v) is 9.07. The Bertz CT molecular complexity index is 1020. The number of aromatic nitrogens is 2. The Morgan fingerprint density at radius 3 is 2.96 bits per heavy atom. The molecule has 28 heavy (non-hydrogen) atoms. The first-order chi connectivity index (χ1) is 13.4. The van der Waals surface area contributed by atoms with E-state index in [0.29, 0.717) is 22.7 Å². The number of carbonyl (C=O) groups is 1. The van der Waals surface area contributed by atoms with Crippen molar-refractivity contribution in [1.82, 2.24) is 14.5 Å². The SMILES string of the molecule is Cc1cc(CN(C)C(=O)c2ccc3sc(Cl)nc3c2)c(C)n1CC1CCCO1. The lowest BCUT2D eigenvalue weighted by atomic mass is 10.1. The van der Waals surface area contributed by atoms with E-state index in [9.17, 15) is 4.79 Å². The van der Waals surface area contributed by atoms with E-state index in [4.69, 9.17) is 16.3 Å². The molecule has 0 bridgehead atoms. The number of nitrogens with zero attached hydrogens (tertiary/aromatic N) is 3. The molecule has 0 spiro atoms. The number of aryl methyl sites for hydroxylation is 1. The molecule has 1 fully saturated rings. The second kappa shape index (κ2) is 7.85. The molecule has 148 valence electrons. The zero-order valence-electron chi connectivity index (χ0n) is 16.4. The van der Waals surface area contributed by atoms with E-state index >= 15 is 0 Å². The Balaban J connectivity index is 1.50. The maximum atomic E-state index is 12.9. The molecule has 1 aromatic carbocycles. The normalized spacial score (nSPS) is 16.8. The summed E-state index contributed by atoms with van der Waals surface area (Å²) in [6, 6.07) is 7.75. The van der Waals surface area contributed by atoms with Gasteiger partial charge in [0, 0.05) is 43.7 Å². The summed E-state index contributed by atoms with van der Waals surface area (Å²) in [5.74, 6) is -0.0186. The van der Waals surface area contributed by atoms with Gasteiger partial charge in [0.15, 0.2) is 4.47 Å². The van der Waals surface area contributed by atoms with Crippen molar-refractivity contribution < 1.29 is 9.53 Å². The average Bonchev–Trinajstić information content (AvgIpc) is 3.36. The first kappa shape index (κ1) is 19.4. The van der Waals surface area contributed by atoms with Crippen molar-refractivity contribution in [2.24, 2.45) is 0 Å². The predicted molar refractivity (Wildman–Crippen MR) is 113 cm³/mol. The molecule has 1 atom stereocenters. The molecule has 0 N–H and O–H groups in total. The van der Waals surface area contributed by atoms with Crippen LogP contribution in [0.2, 0.25) is 4.47 Å². The minimum Gasteiger partial charge on any atom is -0.376 e. The molecule has 2 aromatic heterocycles. The highest BCUT2D eigenvalue weighted by Gasteiger charge is 2.20. The van der Waals surface area contributed by atoms with Gasteiger partial charge in [0.1, 0.15) is 0 Å². The van der Waals surface area contributed by atoms with Crippen LogP contribution in [0.5, 0.6) is 0 Å². The lowest BCUT2D eigenvalue weighted by Gasteiger charge is -2.18. The highest BCUT2D eigenvalue weighted by molar-refractivity contribution is 7.22. The molecule has 1 amide bonds. The Hall–Kier alpha value is -1.89. The zero-order valence-corrected chi connectivity index (χ0v) is 17.9. The summed E-state index contributed by atoms with van der Waals surface area (Å²) >= 11 is 7.40. The topological polar surface area (TPSA) is 47.4 Å². The quantitative estimate of drug-likeness (QED) is 0.598. The summed E-state index contributed by atoms with van der Waals surface area (Å²) in [4.78, 5) is 19.0. The van der Waals surface area contributed by atoms with Gasteiger partial charge in [-0.1, -0.05) is 11.6 Å². The fourth-order valence-corrected chi connectivity index (χ4v) is 4.90. The molecule has 1 aliphatic heterocycles. The Morgan fingerprint density at radius 2 is 2.21 bits per heavy atom. The van der Waals surface area contributed by atoms with E-state index in [1.165, 1.54) is 28.3 Å². The van der Waals surface area contributed by atoms with E-state index < -0.39 is 0 Å². The summed E-state index contributed by atoms with van der Waals surface area (Å²) in [5, 5.41) is 0. The summed E-state index contributed by atoms with van der Waals surface area (Å²) in [6.45, 7) is 6.56. The van der Waals surface area contributed by atoms with Crippen LogP contribution in [0.15, 0.2) is 24.3 Å². The molecule has 7 heteroatoms. The van der Waals surface area contributed by atoms with Crippen molar-refractivity contribution >= 4 is 39.1 Å². The lowest BCUT2D eigenvalue weighted by molar-refractivity contribution is 0.0784. The maximum absolute atomic E-state index is 12.9. The second-order valence-electron chi connectivity index (χ2n) is 7.45. The van der Waals surface area contributed by atoms with E-state index in [2.05, 4.69) is 29.5 Å². The van der Waals surface area contributed by atoms with Gasteiger partial charge >= 0.3 is 0 Å². The van der Waals surface area contributed by atoms with Gasteiger partial charge < -0.3 is 14.2 Å². The van der Waals surface area contributed by atoms with E-state index in [1.54, 1.807) is 4.90 Å². The highest BCUT2D eigenvalue weighted by atomic mass is 35.5. The largest absolute Gasteiger partial charge is 0.376 e. The van der Waals surface area contributed by atoms with Crippen molar-refractivity contribution in [2.75, 3.05) is 13.7 Å². The number of hydrogen-bond donors (Lipinski definition) is 0. The smallest absolute Gasteiger partial charge is 0.253 e. The molecule has 1 saturated heterocycles. The van der Waals surface area contributed by atoms with Gasteiger partial charge in [-0.3, -0.25) is 4.79 Å². The van der Waals surface area contributed by atoms with Gasteiger partial charge in [-0.25, -0.2) is 4.98 Å². The van der Waals surface area contributed by atoms with Crippen LogP contribution in [0.1, 0.15) is 40.2 Å². The standard InChI is InChI=1S/C21H24ClN3O2S/c1-13-9-16(14(2)25(13)12-17-5-4-8-27-17)11-24(3)20(26)15-6-7-19-18(10-15)23-21(22)28-19/h6-7,9-10,17H,4-5,8,11-12H2,1-3H3. The molecule has 1 aliphatic rings. The van der Waals surface area contributed by atoms with Crippen LogP contribution in [-0.2, 0) is 17.8 Å². The van der Waals surface area contributed by atoms with Gasteiger partial charge in [0.2, 0.25) is 0 Å². The van der Waals surface area contributed by atoms with Gasteiger partial charge in [0.25, 0.3) is 5.91 Å². The number of rotatable bonds is 5. The molecule has 1 unspecified atom stereocenters. The monoisotopic (exact) mass is 417 g/mol. The molecule has 4 rings (SSSR count). The van der Waals surface area contributed by atoms with Gasteiger partial charge in [0.05, 0.1) is 16.3 Å². The minimum absolute atomic E-state index is 0.0186. The molecule has 0 saturated carbocycles. The number of hydrogen-bond acceptors (Lipinski definition) is 4. The van der Waals surface area contributed by atoms with Crippen LogP contribution in [-0.4, -0.2) is 40.1 Å². The third kappa shape index (κ3) is 3.81. The summed E-state index contributed by atoms with van der Waals surface area (Å²) in [5.41, 5.74) is 4.98. The van der Waals surface area contributed by atoms with Crippen molar-refractivity contribution in [3.63, 3.8) is 0 Å². The van der Waals surface area contributed by atoms with Crippen LogP contribution in [0.25, 0.3) is 10.2 Å². The average molecular weight is 418 g/mol. The van der Waals surface area contributed by atoms with E-state index in [0.717, 1.165) is 36.2 Å². The minimum atomic E-state index is -0.0186. The molecular formula is C21H24ClN3O2S. The van der Waals surface area contributed by atoms with E-state index in [-0.39, 0.29) is 5.91 Å². The third-order valence-electron chi connectivity index (χ3n) is 5.45. The number of halogens is 1. The molecule has 0 aliphatic carbocycles. The Kier molecular flexibility index (Phi) is 5.45. The predicted octanol–water partition coefficient (Wildman–Crippen LogP) is 4.82. The van der Waals surface area contributed by atoms with Gasteiger partial charge in [-0.15, -0.1) is 11.3 Å². The molecule has 3 aromatic rings. The van der Waals surface area contributed by atoms with Crippen LogP contribution < -0.4 is 0 Å². The van der Waals surface area contributed by atoms with Gasteiger partial charge in [-0.05, 0) is 56.5 Å². The number of ether oxygens (including phenoxy) is 1. The summed E-state index contributed by atoms with van der Waals surface area (Å²) < 4.78 is 9.58. The number of fused-ring (bicyclic) bond motifs is 1. The van der Waals surface area contributed by atoms with Crippen LogP contribution in [0.3, 0.4) is 0 Å². The maximum Gasteiger partial charge on any atom is 0.253 e. The molecule has 3 heterocycles. The van der Waals surface area contributed by atoms with Crippen LogP contribution >= 0.6 is 22.9 Å². The zero-order chi connectivity index (χ0) is 19.8. The van der Waals surface area contributed by atoms with Crippen molar-refractivity contribution in [2.45, 2.75) is 45.9 Å². The fourth-order valence-electron chi connectivity index (χ4n) is 3.89.